The summed E-state index contributed by atoms with van der Waals surface area (Å²) in [6.07, 6.45) is 7.52. The molecule has 32 heavy (non-hydrogen) atoms. The number of nitrogens with zero attached hydrogens (tertiary/aromatic N) is 2. The average Bonchev–Trinajstić information content (AvgIpc) is 3.45. The molecule has 2 aliphatic rings. The van der Waals surface area contributed by atoms with Crippen LogP contribution >= 0.6 is 0 Å². The normalized spacial score (nSPS) is 19.6. The number of nitrogens with one attached hydrogen (secondary N) is 1. The largest absolute Gasteiger partial charge is 0.455 e. The van der Waals surface area contributed by atoms with Crippen LogP contribution in [0.15, 0.2) is 53.1 Å². The summed E-state index contributed by atoms with van der Waals surface area (Å²) in [6, 6.07) is 11.0. The second kappa shape index (κ2) is 8.90. The van der Waals surface area contributed by atoms with Crippen LogP contribution in [0.5, 0.6) is 0 Å². The van der Waals surface area contributed by atoms with Crippen molar-refractivity contribution in [3.05, 3.63) is 83.1 Å². The van der Waals surface area contributed by atoms with E-state index in [2.05, 4.69) is 14.8 Å². The standard InChI is InChI=1S/C25H27F2N3O2/c26-17-8-10-20(21(27)15-17)24-22-7-4-12-29(22)13-14-30(24)16-19-9-11-23(32-19)25(31)28-18-5-2-1-3-6-18/h4,7-12,15,18,24H,1-3,5-6,13-14,16H2,(H,28,31). The Bertz CT molecular complexity index is 1100. The van der Waals surface area contributed by atoms with Gasteiger partial charge in [-0.2, -0.15) is 0 Å². The maximum Gasteiger partial charge on any atom is 0.287 e. The Balaban J connectivity index is 1.35. The quantitative estimate of drug-likeness (QED) is 0.607. The van der Waals surface area contributed by atoms with Crippen LogP contribution in [0.1, 0.15) is 65.7 Å². The first-order valence-electron chi connectivity index (χ1n) is 11.3. The minimum Gasteiger partial charge on any atom is -0.455 e. The molecular weight excluding hydrogens is 412 g/mol. The van der Waals surface area contributed by atoms with E-state index in [4.69, 9.17) is 4.42 Å². The predicted octanol–water partition coefficient (Wildman–Crippen LogP) is 5.03. The minimum absolute atomic E-state index is 0.184. The Morgan fingerprint density at radius 2 is 1.91 bits per heavy atom. The molecular formula is C25H27F2N3O2. The van der Waals surface area contributed by atoms with Crippen LogP contribution < -0.4 is 5.32 Å². The Hall–Kier alpha value is -2.93. The van der Waals surface area contributed by atoms with Gasteiger partial charge in [-0.3, -0.25) is 9.69 Å². The molecule has 3 heterocycles. The van der Waals surface area contributed by atoms with E-state index >= 15 is 0 Å². The van der Waals surface area contributed by atoms with Crippen LogP contribution in [0.3, 0.4) is 0 Å². The number of amides is 1. The molecule has 168 valence electrons. The molecule has 3 aromatic rings. The van der Waals surface area contributed by atoms with Gasteiger partial charge in [-0.15, -0.1) is 0 Å². The van der Waals surface area contributed by atoms with Gasteiger partial charge in [0.25, 0.3) is 5.91 Å². The summed E-state index contributed by atoms with van der Waals surface area (Å²) in [6.45, 7) is 1.86. The van der Waals surface area contributed by atoms with Crippen molar-refractivity contribution < 1.29 is 18.0 Å². The summed E-state index contributed by atoms with van der Waals surface area (Å²) in [5, 5.41) is 3.07. The first-order valence-corrected chi connectivity index (χ1v) is 11.3. The number of hydrogen-bond donors (Lipinski definition) is 1. The van der Waals surface area contributed by atoms with Crippen molar-refractivity contribution >= 4 is 5.91 Å². The zero-order valence-electron chi connectivity index (χ0n) is 17.9. The molecule has 2 aromatic heterocycles. The lowest BCUT2D eigenvalue weighted by Gasteiger charge is -2.37. The van der Waals surface area contributed by atoms with Crippen molar-refractivity contribution in [2.75, 3.05) is 6.54 Å². The first-order chi connectivity index (χ1) is 15.6. The van der Waals surface area contributed by atoms with Crippen LogP contribution in [0.25, 0.3) is 0 Å². The van der Waals surface area contributed by atoms with Gasteiger partial charge in [0.15, 0.2) is 5.76 Å². The molecule has 5 nitrogen and oxygen atoms in total. The third-order valence-corrected chi connectivity index (χ3v) is 6.58. The fourth-order valence-corrected chi connectivity index (χ4v) is 4.97. The Morgan fingerprint density at radius 1 is 1.06 bits per heavy atom. The summed E-state index contributed by atoms with van der Waals surface area (Å²) >= 11 is 0. The molecule has 1 unspecified atom stereocenters. The second-order valence-electron chi connectivity index (χ2n) is 8.74. The number of furan rings is 1. The molecule has 0 saturated heterocycles. The Kier molecular flexibility index (Phi) is 5.83. The Morgan fingerprint density at radius 3 is 2.72 bits per heavy atom. The monoisotopic (exact) mass is 439 g/mol. The Labute approximate surface area is 186 Å². The van der Waals surface area contributed by atoms with Crippen molar-refractivity contribution in [2.24, 2.45) is 0 Å². The fourth-order valence-electron chi connectivity index (χ4n) is 4.97. The molecule has 1 N–H and O–H groups in total. The van der Waals surface area contributed by atoms with E-state index in [0.29, 0.717) is 30.2 Å². The molecule has 0 radical (unpaired) electrons. The number of rotatable bonds is 5. The van der Waals surface area contributed by atoms with E-state index in [9.17, 15) is 13.6 Å². The maximum absolute atomic E-state index is 14.7. The topological polar surface area (TPSA) is 50.4 Å². The predicted molar refractivity (Wildman–Crippen MR) is 116 cm³/mol. The van der Waals surface area contributed by atoms with Crippen LogP contribution in [-0.4, -0.2) is 28.0 Å². The van der Waals surface area contributed by atoms with Crippen molar-refractivity contribution in [3.63, 3.8) is 0 Å². The summed E-state index contributed by atoms with van der Waals surface area (Å²) in [4.78, 5) is 14.7. The van der Waals surface area contributed by atoms with E-state index < -0.39 is 11.6 Å². The second-order valence-corrected chi connectivity index (χ2v) is 8.74. The molecule has 1 amide bonds. The van der Waals surface area contributed by atoms with Crippen LogP contribution in [0.4, 0.5) is 8.78 Å². The zero-order chi connectivity index (χ0) is 22.1. The van der Waals surface area contributed by atoms with Crippen LogP contribution in [0.2, 0.25) is 0 Å². The lowest BCUT2D eigenvalue weighted by atomic mass is 9.95. The van der Waals surface area contributed by atoms with Gasteiger partial charge >= 0.3 is 0 Å². The number of fused-ring (bicyclic) bond motifs is 1. The number of aromatic nitrogens is 1. The van der Waals surface area contributed by atoms with E-state index in [1.165, 1.54) is 18.6 Å². The van der Waals surface area contributed by atoms with E-state index in [-0.39, 0.29) is 18.0 Å². The van der Waals surface area contributed by atoms with Gasteiger partial charge in [-0.25, -0.2) is 8.78 Å². The van der Waals surface area contributed by atoms with Crippen molar-refractivity contribution in [2.45, 2.75) is 57.3 Å². The number of benzene rings is 1. The first kappa shape index (κ1) is 20.9. The van der Waals surface area contributed by atoms with Crippen LogP contribution in [0, 0.1) is 11.6 Å². The van der Waals surface area contributed by atoms with Crippen molar-refractivity contribution in [1.29, 1.82) is 0 Å². The van der Waals surface area contributed by atoms with Gasteiger partial charge in [0.05, 0.1) is 12.6 Å². The molecule has 1 aliphatic heterocycles. The van der Waals surface area contributed by atoms with Gasteiger partial charge in [0.2, 0.25) is 0 Å². The highest BCUT2D eigenvalue weighted by molar-refractivity contribution is 5.91. The molecule has 7 heteroatoms. The highest BCUT2D eigenvalue weighted by Crippen LogP contribution is 2.35. The highest BCUT2D eigenvalue weighted by atomic mass is 19.1. The van der Waals surface area contributed by atoms with Crippen LogP contribution in [-0.2, 0) is 13.1 Å². The minimum atomic E-state index is -0.594. The molecule has 1 atom stereocenters. The molecule has 1 aliphatic carbocycles. The molecule has 0 bridgehead atoms. The lowest BCUT2D eigenvalue weighted by Crippen LogP contribution is -2.38. The SMILES string of the molecule is O=C(NC1CCCCC1)c1ccc(CN2CCn3cccc3C2c2ccc(F)cc2F)o1. The van der Waals surface area contributed by atoms with Gasteiger partial charge in [0.1, 0.15) is 17.4 Å². The fraction of sp³-hybridized carbons (Fsp3) is 0.400. The maximum atomic E-state index is 14.7. The van der Waals surface area contributed by atoms with Gasteiger partial charge in [-0.05, 0) is 43.2 Å². The third kappa shape index (κ3) is 4.21. The van der Waals surface area contributed by atoms with E-state index in [1.54, 1.807) is 6.07 Å². The molecule has 1 saturated carbocycles. The number of carbonyl (C=O) groups excluding carboxylic acids is 1. The molecule has 5 rings (SSSR count). The summed E-state index contributed by atoms with van der Waals surface area (Å²) < 4.78 is 36.2. The van der Waals surface area contributed by atoms with E-state index in [0.717, 1.165) is 44.0 Å². The van der Waals surface area contributed by atoms with Gasteiger partial charge < -0.3 is 14.3 Å². The lowest BCUT2D eigenvalue weighted by molar-refractivity contribution is 0.0893. The zero-order valence-corrected chi connectivity index (χ0v) is 17.9. The van der Waals surface area contributed by atoms with Crippen molar-refractivity contribution in [1.82, 2.24) is 14.8 Å². The summed E-state index contributed by atoms with van der Waals surface area (Å²) in [5.41, 5.74) is 1.37. The summed E-state index contributed by atoms with van der Waals surface area (Å²) in [7, 11) is 0. The smallest absolute Gasteiger partial charge is 0.287 e. The number of hydrogen-bond acceptors (Lipinski definition) is 3. The third-order valence-electron chi connectivity index (χ3n) is 6.58. The molecule has 0 spiro atoms. The van der Waals surface area contributed by atoms with Gasteiger partial charge in [0, 0.05) is 42.7 Å². The van der Waals surface area contributed by atoms with E-state index in [1.807, 2.05) is 24.4 Å². The molecule has 1 aromatic carbocycles. The average molecular weight is 440 g/mol. The highest BCUT2D eigenvalue weighted by Gasteiger charge is 2.31. The molecule has 1 fully saturated rings. The number of carbonyl (C=O) groups is 1. The summed E-state index contributed by atoms with van der Waals surface area (Å²) in [5.74, 6) is -0.399. The number of halogens is 2. The van der Waals surface area contributed by atoms with Gasteiger partial charge in [-0.1, -0.05) is 25.3 Å². The van der Waals surface area contributed by atoms with Crippen molar-refractivity contribution in [3.8, 4) is 0 Å².